The number of ether oxygens (including phenoxy) is 1. The van der Waals surface area contributed by atoms with Gasteiger partial charge in [-0.25, -0.2) is 0 Å². The highest BCUT2D eigenvalue weighted by atomic mass is 32.2. The van der Waals surface area contributed by atoms with E-state index in [2.05, 4.69) is 16.3 Å². The van der Waals surface area contributed by atoms with Crippen LogP contribution >= 0.6 is 11.8 Å². The van der Waals surface area contributed by atoms with Gasteiger partial charge in [0.05, 0.1) is 36.4 Å². The Morgan fingerprint density at radius 1 is 1.50 bits per heavy atom. The van der Waals surface area contributed by atoms with Gasteiger partial charge in [-0.2, -0.15) is 5.26 Å². The van der Waals surface area contributed by atoms with E-state index < -0.39 is 0 Å². The van der Waals surface area contributed by atoms with E-state index in [-0.39, 0.29) is 17.4 Å². The highest BCUT2D eigenvalue weighted by molar-refractivity contribution is 7.99. The van der Waals surface area contributed by atoms with Crippen LogP contribution in [0.4, 0.5) is 5.69 Å². The third-order valence-corrected chi connectivity index (χ3v) is 5.08. The number of carbonyl (C=O) groups is 1. The quantitative estimate of drug-likeness (QED) is 0.802. The van der Waals surface area contributed by atoms with Crippen LogP contribution in [0.25, 0.3) is 0 Å². The molecule has 1 fully saturated rings. The summed E-state index contributed by atoms with van der Waals surface area (Å²) in [5.41, 5.74) is 0.602. The number of anilines is 1. The molecule has 24 heavy (non-hydrogen) atoms. The largest absolute Gasteiger partial charge is 0.373 e. The van der Waals surface area contributed by atoms with Gasteiger partial charge in [0.15, 0.2) is 0 Å². The summed E-state index contributed by atoms with van der Waals surface area (Å²) >= 11 is 1.60. The lowest BCUT2D eigenvalue weighted by Gasteiger charge is -2.37. The first-order chi connectivity index (χ1) is 11.4. The van der Waals surface area contributed by atoms with Crippen LogP contribution in [0.1, 0.15) is 20.8 Å². The summed E-state index contributed by atoms with van der Waals surface area (Å²) < 4.78 is 5.68. The zero-order chi connectivity index (χ0) is 17.6. The van der Waals surface area contributed by atoms with E-state index in [0.29, 0.717) is 18.9 Å². The fourth-order valence-electron chi connectivity index (χ4n) is 2.59. The minimum Gasteiger partial charge on any atom is -0.373 e. The fraction of sp³-hybridized carbons (Fsp3) is 0.556. The number of nitrogens with zero attached hydrogens (tertiary/aromatic N) is 2. The smallest absolute Gasteiger partial charge is 0.238 e. The number of nitrogens with one attached hydrogen (secondary N) is 1. The van der Waals surface area contributed by atoms with Crippen LogP contribution in [0.15, 0.2) is 29.2 Å². The summed E-state index contributed by atoms with van der Waals surface area (Å²) in [5.74, 6) is 0.671. The number of hydrogen-bond donors (Lipinski definition) is 1. The molecule has 1 aliphatic rings. The molecule has 1 N–H and O–H groups in total. The van der Waals surface area contributed by atoms with E-state index in [1.54, 1.807) is 11.8 Å². The third kappa shape index (κ3) is 5.82. The highest BCUT2D eigenvalue weighted by Gasteiger charge is 2.28. The van der Waals surface area contributed by atoms with E-state index in [4.69, 9.17) is 10.00 Å². The van der Waals surface area contributed by atoms with Crippen molar-refractivity contribution in [2.75, 3.05) is 37.3 Å². The van der Waals surface area contributed by atoms with Gasteiger partial charge in [-0.05, 0) is 32.9 Å². The summed E-state index contributed by atoms with van der Waals surface area (Å²) in [6.07, 6.45) is 0. The van der Waals surface area contributed by atoms with Crippen LogP contribution in [0.2, 0.25) is 0 Å². The Kier molecular flexibility index (Phi) is 6.67. The molecule has 1 saturated heterocycles. The first-order valence-corrected chi connectivity index (χ1v) is 9.16. The Bertz CT molecular complexity index is 613. The molecule has 0 aromatic heterocycles. The number of morpholine rings is 1. The summed E-state index contributed by atoms with van der Waals surface area (Å²) in [6, 6.07) is 9.96. The zero-order valence-electron chi connectivity index (χ0n) is 14.5. The van der Waals surface area contributed by atoms with E-state index in [1.165, 1.54) is 0 Å². The van der Waals surface area contributed by atoms with Crippen molar-refractivity contribution in [3.8, 4) is 6.07 Å². The number of hydrogen-bond acceptors (Lipinski definition) is 5. The van der Waals surface area contributed by atoms with Gasteiger partial charge in [0.25, 0.3) is 0 Å². The Balaban J connectivity index is 1.93. The van der Waals surface area contributed by atoms with E-state index in [0.717, 1.165) is 23.7 Å². The molecule has 0 aliphatic carbocycles. The molecule has 5 nitrogen and oxygen atoms in total. The monoisotopic (exact) mass is 347 g/mol. The number of benzene rings is 1. The van der Waals surface area contributed by atoms with Crippen molar-refractivity contribution in [1.82, 2.24) is 4.90 Å². The van der Waals surface area contributed by atoms with Gasteiger partial charge in [-0.15, -0.1) is 11.8 Å². The molecule has 1 atom stereocenters. The summed E-state index contributed by atoms with van der Waals surface area (Å²) in [4.78, 5) is 15.5. The van der Waals surface area contributed by atoms with E-state index >= 15 is 0 Å². The Hall–Kier alpha value is -1.55. The van der Waals surface area contributed by atoms with Crippen LogP contribution < -0.4 is 5.32 Å². The standard InChI is InChI=1S/C18H25N3O2S/c1-14(10-19)12-24-16-7-5-4-6-15(16)20-17(22)11-21-8-9-23-18(2,3)13-21/h4-7,14H,8-9,11-13H2,1-3H3,(H,20,22). The number of amides is 1. The molecule has 1 aromatic carbocycles. The molecule has 0 spiro atoms. The minimum atomic E-state index is -0.209. The summed E-state index contributed by atoms with van der Waals surface area (Å²) in [6.45, 7) is 8.51. The Labute approximate surface area is 148 Å². The van der Waals surface area contributed by atoms with Gasteiger partial charge in [-0.3, -0.25) is 9.69 Å². The molecule has 1 amide bonds. The van der Waals surface area contributed by atoms with Crippen molar-refractivity contribution in [1.29, 1.82) is 5.26 Å². The molecule has 0 saturated carbocycles. The molecular formula is C18H25N3O2S. The second-order valence-electron chi connectivity index (χ2n) is 6.70. The zero-order valence-corrected chi connectivity index (χ0v) is 15.4. The van der Waals surface area contributed by atoms with Crippen LogP contribution in [-0.4, -0.2) is 48.4 Å². The van der Waals surface area contributed by atoms with E-state index in [9.17, 15) is 4.79 Å². The number of carbonyl (C=O) groups excluding carboxylic acids is 1. The van der Waals surface area contributed by atoms with Crippen LogP contribution in [-0.2, 0) is 9.53 Å². The van der Waals surface area contributed by atoms with Gasteiger partial charge in [0.1, 0.15) is 0 Å². The van der Waals surface area contributed by atoms with Crippen molar-refractivity contribution in [3.63, 3.8) is 0 Å². The molecule has 2 rings (SSSR count). The fourth-order valence-corrected chi connectivity index (χ4v) is 3.54. The topological polar surface area (TPSA) is 65.4 Å². The van der Waals surface area contributed by atoms with Crippen LogP contribution in [0.3, 0.4) is 0 Å². The Morgan fingerprint density at radius 2 is 2.25 bits per heavy atom. The van der Waals surface area contributed by atoms with Crippen molar-refractivity contribution in [3.05, 3.63) is 24.3 Å². The van der Waals surface area contributed by atoms with Gasteiger partial charge in [0.2, 0.25) is 5.91 Å². The molecule has 1 unspecified atom stereocenters. The number of rotatable bonds is 6. The lowest BCUT2D eigenvalue weighted by molar-refractivity contribution is -0.122. The Morgan fingerprint density at radius 3 is 2.96 bits per heavy atom. The van der Waals surface area contributed by atoms with Crippen molar-refractivity contribution >= 4 is 23.4 Å². The first kappa shape index (κ1) is 18.8. The summed E-state index contributed by atoms with van der Waals surface area (Å²) in [7, 11) is 0. The molecule has 130 valence electrons. The van der Waals surface area contributed by atoms with Gasteiger partial charge in [0, 0.05) is 23.7 Å². The molecular weight excluding hydrogens is 322 g/mol. The minimum absolute atomic E-state index is 0.0191. The van der Waals surface area contributed by atoms with Gasteiger partial charge in [-0.1, -0.05) is 12.1 Å². The number of thioether (sulfide) groups is 1. The molecule has 1 aromatic rings. The lowest BCUT2D eigenvalue weighted by Crippen LogP contribution is -2.50. The normalized spacial score (nSPS) is 18.6. The first-order valence-electron chi connectivity index (χ1n) is 8.17. The van der Waals surface area contributed by atoms with Gasteiger partial charge >= 0.3 is 0 Å². The van der Waals surface area contributed by atoms with Crippen LogP contribution in [0, 0.1) is 17.2 Å². The molecule has 1 aliphatic heterocycles. The van der Waals surface area contributed by atoms with Crippen LogP contribution in [0.5, 0.6) is 0 Å². The molecule has 0 radical (unpaired) electrons. The van der Waals surface area contributed by atoms with Crippen molar-refractivity contribution in [2.45, 2.75) is 31.3 Å². The predicted molar refractivity (Wildman–Crippen MR) is 97.0 cm³/mol. The molecule has 6 heteroatoms. The number of para-hydroxylation sites is 1. The second kappa shape index (κ2) is 8.52. The highest BCUT2D eigenvalue weighted by Crippen LogP contribution is 2.28. The molecule has 1 heterocycles. The molecule has 0 bridgehead atoms. The average Bonchev–Trinajstić information content (AvgIpc) is 2.52. The second-order valence-corrected chi connectivity index (χ2v) is 7.77. The SMILES string of the molecule is CC(C#N)CSc1ccccc1NC(=O)CN1CCOC(C)(C)C1. The maximum Gasteiger partial charge on any atom is 0.238 e. The van der Waals surface area contributed by atoms with Crippen molar-refractivity contribution < 1.29 is 9.53 Å². The van der Waals surface area contributed by atoms with Crippen molar-refractivity contribution in [2.24, 2.45) is 5.92 Å². The third-order valence-electron chi connectivity index (χ3n) is 3.74. The lowest BCUT2D eigenvalue weighted by atomic mass is 10.1. The van der Waals surface area contributed by atoms with E-state index in [1.807, 2.05) is 45.0 Å². The average molecular weight is 347 g/mol. The summed E-state index contributed by atoms with van der Waals surface area (Å²) in [5, 5.41) is 11.9. The maximum atomic E-state index is 12.4. The number of nitriles is 1. The predicted octanol–water partition coefficient (Wildman–Crippen LogP) is 2.99. The maximum absolute atomic E-state index is 12.4. The van der Waals surface area contributed by atoms with Gasteiger partial charge < -0.3 is 10.1 Å².